The zero-order chi connectivity index (χ0) is 11.8. The van der Waals surface area contributed by atoms with Crippen molar-refractivity contribution in [1.82, 2.24) is 10.6 Å². The fourth-order valence-electron chi connectivity index (χ4n) is 3.20. The number of amides is 1. The standard InChI is InChI=1S/C12H22N2O2/c1-12(2)10(8-5-7-16-11(8)12)14-6-4-9(15)13-3/h8,10-11,14H,4-7H2,1-3H3,(H,13,15). The quantitative estimate of drug-likeness (QED) is 0.735. The molecule has 3 unspecified atom stereocenters. The maximum atomic E-state index is 11.1. The number of fused-ring (bicyclic) bond motifs is 1. The van der Waals surface area contributed by atoms with Crippen LogP contribution in [0.15, 0.2) is 0 Å². The second-order valence-electron chi connectivity index (χ2n) is 5.42. The van der Waals surface area contributed by atoms with Gasteiger partial charge in [0.15, 0.2) is 0 Å². The van der Waals surface area contributed by atoms with Crippen LogP contribution < -0.4 is 10.6 Å². The van der Waals surface area contributed by atoms with E-state index in [1.807, 2.05) is 0 Å². The second kappa shape index (κ2) is 4.34. The molecule has 4 heteroatoms. The molecule has 1 heterocycles. The first-order valence-corrected chi connectivity index (χ1v) is 6.13. The van der Waals surface area contributed by atoms with Crippen LogP contribution >= 0.6 is 0 Å². The van der Waals surface area contributed by atoms with Gasteiger partial charge in [0.2, 0.25) is 5.91 Å². The van der Waals surface area contributed by atoms with E-state index in [4.69, 9.17) is 4.74 Å². The number of nitrogens with one attached hydrogen (secondary N) is 2. The van der Waals surface area contributed by atoms with E-state index in [0.717, 1.165) is 19.6 Å². The number of ether oxygens (including phenoxy) is 1. The normalized spacial score (nSPS) is 35.3. The number of carbonyl (C=O) groups excluding carboxylic acids is 1. The van der Waals surface area contributed by atoms with Crippen molar-refractivity contribution in [2.75, 3.05) is 20.2 Å². The molecule has 0 aromatic rings. The van der Waals surface area contributed by atoms with Gasteiger partial charge in [-0.2, -0.15) is 0 Å². The Morgan fingerprint density at radius 1 is 1.50 bits per heavy atom. The van der Waals surface area contributed by atoms with Crippen LogP contribution in [0.3, 0.4) is 0 Å². The van der Waals surface area contributed by atoms with Crippen LogP contribution in [-0.4, -0.2) is 38.3 Å². The molecule has 1 saturated heterocycles. The van der Waals surface area contributed by atoms with E-state index < -0.39 is 0 Å². The number of carbonyl (C=O) groups is 1. The highest BCUT2D eigenvalue weighted by Gasteiger charge is 2.58. The van der Waals surface area contributed by atoms with Gasteiger partial charge in [-0.3, -0.25) is 4.79 Å². The summed E-state index contributed by atoms with van der Waals surface area (Å²) in [5.74, 6) is 0.753. The molecule has 1 amide bonds. The summed E-state index contributed by atoms with van der Waals surface area (Å²) in [6.07, 6.45) is 2.14. The molecule has 1 aliphatic carbocycles. The van der Waals surface area contributed by atoms with Gasteiger partial charge >= 0.3 is 0 Å². The van der Waals surface area contributed by atoms with Crippen molar-refractivity contribution in [2.24, 2.45) is 11.3 Å². The molecule has 2 fully saturated rings. The van der Waals surface area contributed by atoms with Gasteiger partial charge in [0.05, 0.1) is 6.10 Å². The predicted octanol–water partition coefficient (Wildman–Crippen LogP) is 0.526. The third-order valence-corrected chi connectivity index (χ3v) is 4.10. The van der Waals surface area contributed by atoms with E-state index >= 15 is 0 Å². The third kappa shape index (κ3) is 1.84. The Morgan fingerprint density at radius 2 is 2.25 bits per heavy atom. The minimum absolute atomic E-state index is 0.101. The molecule has 0 spiro atoms. The summed E-state index contributed by atoms with van der Waals surface area (Å²) >= 11 is 0. The summed E-state index contributed by atoms with van der Waals surface area (Å²) in [4.78, 5) is 11.1. The molecule has 2 aliphatic rings. The van der Waals surface area contributed by atoms with Gasteiger partial charge in [0.25, 0.3) is 0 Å². The van der Waals surface area contributed by atoms with Gasteiger partial charge in [0.1, 0.15) is 0 Å². The lowest BCUT2D eigenvalue weighted by Crippen LogP contribution is -2.66. The van der Waals surface area contributed by atoms with Crippen molar-refractivity contribution in [2.45, 2.75) is 38.8 Å². The Kier molecular flexibility index (Phi) is 3.22. The van der Waals surface area contributed by atoms with Crippen LogP contribution in [0.1, 0.15) is 26.7 Å². The van der Waals surface area contributed by atoms with E-state index in [2.05, 4.69) is 24.5 Å². The summed E-state index contributed by atoms with van der Waals surface area (Å²) in [7, 11) is 1.68. The molecule has 2 N–H and O–H groups in total. The zero-order valence-electron chi connectivity index (χ0n) is 10.4. The maximum absolute atomic E-state index is 11.1. The SMILES string of the molecule is CNC(=O)CCNC1C2CCOC2C1(C)C. The lowest BCUT2D eigenvalue weighted by molar-refractivity contribution is -0.122. The van der Waals surface area contributed by atoms with Gasteiger partial charge in [-0.25, -0.2) is 0 Å². The van der Waals surface area contributed by atoms with Gasteiger partial charge in [-0.05, 0) is 6.42 Å². The van der Waals surface area contributed by atoms with E-state index in [-0.39, 0.29) is 11.3 Å². The summed E-state index contributed by atoms with van der Waals surface area (Å²) in [6.45, 7) is 6.15. The van der Waals surface area contributed by atoms with Crippen molar-refractivity contribution in [1.29, 1.82) is 0 Å². The lowest BCUT2D eigenvalue weighted by Gasteiger charge is -2.55. The lowest BCUT2D eigenvalue weighted by atomic mass is 9.57. The average molecular weight is 226 g/mol. The summed E-state index contributed by atoms with van der Waals surface area (Å²) < 4.78 is 5.73. The Morgan fingerprint density at radius 3 is 2.94 bits per heavy atom. The molecule has 1 aliphatic heterocycles. The Balaban J connectivity index is 1.79. The molecule has 1 saturated carbocycles. The first-order valence-electron chi connectivity index (χ1n) is 6.13. The topological polar surface area (TPSA) is 50.4 Å². The van der Waals surface area contributed by atoms with Gasteiger partial charge in [-0.15, -0.1) is 0 Å². The van der Waals surface area contributed by atoms with Crippen molar-refractivity contribution in [3.05, 3.63) is 0 Å². The Bertz CT molecular complexity index is 278. The van der Waals surface area contributed by atoms with E-state index in [1.165, 1.54) is 0 Å². The number of rotatable bonds is 4. The van der Waals surface area contributed by atoms with Crippen LogP contribution in [0.25, 0.3) is 0 Å². The van der Waals surface area contributed by atoms with Crippen LogP contribution in [0.4, 0.5) is 0 Å². The minimum Gasteiger partial charge on any atom is -0.377 e. The molecule has 0 radical (unpaired) electrons. The molecule has 92 valence electrons. The van der Waals surface area contributed by atoms with Crippen molar-refractivity contribution in [3.8, 4) is 0 Å². The van der Waals surface area contributed by atoms with Gasteiger partial charge in [0, 0.05) is 44.0 Å². The average Bonchev–Trinajstić information content (AvgIpc) is 2.70. The largest absolute Gasteiger partial charge is 0.377 e. The molecule has 0 aromatic heterocycles. The molecule has 0 aromatic carbocycles. The predicted molar refractivity (Wildman–Crippen MR) is 62.1 cm³/mol. The highest BCUT2D eigenvalue weighted by Crippen LogP contribution is 2.51. The smallest absolute Gasteiger partial charge is 0.221 e. The van der Waals surface area contributed by atoms with E-state index in [0.29, 0.717) is 24.5 Å². The molecule has 16 heavy (non-hydrogen) atoms. The minimum atomic E-state index is 0.101. The van der Waals surface area contributed by atoms with E-state index in [1.54, 1.807) is 7.05 Å². The molecular weight excluding hydrogens is 204 g/mol. The van der Waals surface area contributed by atoms with Crippen molar-refractivity contribution >= 4 is 5.91 Å². The van der Waals surface area contributed by atoms with E-state index in [9.17, 15) is 4.79 Å². The molecule has 2 rings (SSSR count). The fourth-order valence-corrected chi connectivity index (χ4v) is 3.20. The monoisotopic (exact) mass is 226 g/mol. The summed E-state index contributed by atoms with van der Waals surface area (Å²) in [5.41, 5.74) is 0.212. The van der Waals surface area contributed by atoms with Crippen molar-refractivity contribution in [3.63, 3.8) is 0 Å². The highest BCUT2D eigenvalue weighted by atomic mass is 16.5. The highest BCUT2D eigenvalue weighted by molar-refractivity contribution is 5.75. The first-order chi connectivity index (χ1) is 7.57. The Hall–Kier alpha value is -0.610. The summed E-state index contributed by atoms with van der Waals surface area (Å²) in [5, 5.41) is 6.14. The van der Waals surface area contributed by atoms with Crippen molar-refractivity contribution < 1.29 is 9.53 Å². The molecular formula is C12H22N2O2. The van der Waals surface area contributed by atoms with Crippen LogP contribution in [0.2, 0.25) is 0 Å². The number of hydrogen-bond acceptors (Lipinski definition) is 3. The second-order valence-corrected chi connectivity index (χ2v) is 5.42. The molecule has 4 nitrogen and oxygen atoms in total. The molecule has 0 bridgehead atoms. The summed E-state index contributed by atoms with van der Waals surface area (Å²) in [6, 6.07) is 0.504. The van der Waals surface area contributed by atoms with Gasteiger partial charge < -0.3 is 15.4 Å². The number of hydrogen-bond donors (Lipinski definition) is 2. The fraction of sp³-hybridized carbons (Fsp3) is 0.917. The zero-order valence-corrected chi connectivity index (χ0v) is 10.4. The van der Waals surface area contributed by atoms with Crippen LogP contribution in [0.5, 0.6) is 0 Å². The first kappa shape index (κ1) is 11.9. The van der Waals surface area contributed by atoms with Gasteiger partial charge in [-0.1, -0.05) is 13.8 Å². The van der Waals surface area contributed by atoms with Crippen LogP contribution in [-0.2, 0) is 9.53 Å². The van der Waals surface area contributed by atoms with Crippen LogP contribution in [0, 0.1) is 11.3 Å². The maximum Gasteiger partial charge on any atom is 0.221 e. The Labute approximate surface area is 97.1 Å². The third-order valence-electron chi connectivity index (χ3n) is 4.10. The molecule has 3 atom stereocenters.